The summed E-state index contributed by atoms with van der Waals surface area (Å²) in [5, 5.41) is 19.6. The Kier molecular flexibility index (Phi) is 6.23. The third-order valence-corrected chi connectivity index (χ3v) is 6.02. The molecule has 1 aromatic carbocycles. The summed E-state index contributed by atoms with van der Waals surface area (Å²) in [5.41, 5.74) is 2.19. The molecule has 4 atom stereocenters. The average Bonchev–Trinajstić information content (AvgIpc) is 2.90. The standard InChI is InChI=1S/C16H23O4P.Ac/c1-21(2,19)7-6-10-4-3-5-11-15-12(9-17)13(18)8-14(15)20-16(10)11;/h3-5,12-15,17-18H,6-9H2,1-2H3;/t12-,13+,14-,15+;/m0./s1. The molecule has 2 aliphatic rings. The van der Waals surface area contributed by atoms with Crippen LogP contribution in [0.15, 0.2) is 18.2 Å². The average molecular weight is 537 g/mol. The Balaban J connectivity index is 0.00000176. The maximum atomic E-state index is 11.9. The Bertz CT molecular complexity index is 586. The summed E-state index contributed by atoms with van der Waals surface area (Å²) in [6, 6.07) is 6.05. The number of para-hydroxylation sites is 1. The molecule has 22 heavy (non-hydrogen) atoms. The number of hydrogen-bond donors (Lipinski definition) is 2. The van der Waals surface area contributed by atoms with E-state index in [1.54, 1.807) is 0 Å². The van der Waals surface area contributed by atoms with Gasteiger partial charge in [0.2, 0.25) is 0 Å². The van der Waals surface area contributed by atoms with Crippen molar-refractivity contribution in [3.63, 3.8) is 0 Å². The number of fused-ring (bicyclic) bond motifs is 3. The van der Waals surface area contributed by atoms with Crippen LogP contribution in [0.5, 0.6) is 5.75 Å². The van der Waals surface area contributed by atoms with Crippen LogP contribution in [0.25, 0.3) is 0 Å². The number of ether oxygens (including phenoxy) is 1. The van der Waals surface area contributed by atoms with Gasteiger partial charge in [-0.3, -0.25) is 0 Å². The van der Waals surface area contributed by atoms with E-state index in [-0.39, 0.29) is 68.6 Å². The van der Waals surface area contributed by atoms with E-state index in [4.69, 9.17) is 4.74 Å². The third-order valence-electron chi connectivity index (χ3n) is 4.72. The van der Waals surface area contributed by atoms with Gasteiger partial charge in [-0.2, -0.15) is 0 Å². The summed E-state index contributed by atoms with van der Waals surface area (Å²) in [6.45, 7) is 3.60. The first-order chi connectivity index (χ1) is 9.90. The topological polar surface area (TPSA) is 66.8 Å². The van der Waals surface area contributed by atoms with Crippen LogP contribution in [0.4, 0.5) is 0 Å². The molecule has 0 amide bonds. The van der Waals surface area contributed by atoms with E-state index in [9.17, 15) is 14.8 Å². The van der Waals surface area contributed by atoms with Crippen molar-refractivity contribution in [1.29, 1.82) is 0 Å². The van der Waals surface area contributed by atoms with Gasteiger partial charge >= 0.3 is 0 Å². The zero-order valence-corrected chi connectivity index (χ0v) is 18.7. The molecule has 1 aliphatic carbocycles. The van der Waals surface area contributed by atoms with E-state index in [1.807, 2.05) is 31.5 Å². The quantitative estimate of drug-likeness (QED) is 0.578. The smallest absolute Gasteiger partial charge is 0.126 e. The molecule has 1 aromatic rings. The van der Waals surface area contributed by atoms with Gasteiger partial charge in [0.25, 0.3) is 0 Å². The fourth-order valence-corrected chi connectivity index (χ4v) is 4.39. The van der Waals surface area contributed by atoms with Crippen LogP contribution in [0.2, 0.25) is 0 Å². The molecule has 119 valence electrons. The molecular formula is C16H23AcO4P. The van der Waals surface area contributed by atoms with E-state index >= 15 is 0 Å². The summed E-state index contributed by atoms with van der Waals surface area (Å²) in [7, 11) is -2.04. The molecule has 0 spiro atoms. The van der Waals surface area contributed by atoms with Gasteiger partial charge in [-0.15, -0.1) is 0 Å². The van der Waals surface area contributed by atoms with Crippen LogP contribution in [0.1, 0.15) is 23.5 Å². The number of rotatable bonds is 4. The monoisotopic (exact) mass is 537 g/mol. The number of benzene rings is 1. The fraction of sp³-hybridized carbons (Fsp3) is 0.625. The molecule has 1 aliphatic heterocycles. The van der Waals surface area contributed by atoms with Gasteiger partial charge in [0.05, 0.1) is 13.2 Å². The van der Waals surface area contributed by atoms with Crippen molar-refractivity contribution in [2.24, 2.45) is 5.92 Å². The summed E-state index contributed by atoms with van der Waals surface area (Å²) < 4.78 is 18.0. The van der Waals surface area contributed by atoms with E-state index in [1.165, 1.54) is 0 Å². The van der Waals surface area contributed by atoms with Crippen molar-refractivity contribution >= 4 is 7.14 Å². The van der Waals surface area contributed by atoms with E-state index in [0.717, 1.165) is 23.3 Å². The van der Waals surface area contributed by atoms with Crippen LogP contribution in [-0.2, 0) is 11.0 Å². The van der Waals surface area contributed by atoms with Crippen molar-refractivity contribution in [2.45, 2.75) is 31.0 Å². The van der Waals surface area contributed by atoms with Crippen molar-refractivity contribution in [3.05, 3.63) is 29.3 Å². The normalized spacial score (nSPS) is 29.5. The zero-order chi connectivity index (χ0) is 15.2. The Morgan fingerprint density at radius 2 is 2.09 bits per heavy atom. The maximum absolute atomic E-state index is 11.9. The molecule has 1 radical (unpaired) electrons. The fourth-order valence-electron chi connectivity index (χ4n) is 3.61. The predicted molar refractivity (Wildman–Crippen MR) is 82.8 cm³/mol. The molecule has 2 N–H and O–H groups in total. The van der Waals surface area contributed by atoms with Crippen LogP contribution in [-0.4, -0.2) is 48.5 Å². The van der Waals surface area contributed by atoms with Crippen molar-refractivity contribution in [1.82, 2.24) is 0 Å². The molecule has 0 saturated heterocycles. The van der Waals surface area contributed by atoms with Crippen molar-refractivity contribution in [2.75, 3.05) is 26.1 Å². The maximum Gasteiger partial charge on any atom is 0.126 e. The summed E-state index contributed by atoms with van der Waals surface area (Å²) in [4.78, 5) is 0. The summed E-state index contributed by atoms with van der Waals surface area (Å²) in [6.07, 6.45) is 1.47. The number of aliphatic hydroxyl groups is 2. The predicted octanol–water partition coefficient (Wildman–Crippen LogP) is 2.07. The number of aliphatic hydroxyl groups excluding tert-OH is 2. The number of hydrogen-bond acceptors (Lipinski definition) is 4. The van der Waals surface area contributed by atoms with E-state index < -0.39 is 13.2 Å². The molecular weight excluding hydrogens is 514 g/mol. The zero-order valence-electron chi connectivity index (χ0n) is 13.1. The Hall–Kier alpha value is 0.612. The third kappa shape index (κ3) is 3.65. The molecule has 0 aromatic heterocycles. The van der Waals surface area contributed by atoms with Gasteiger partial charge in [-0.05, 0) is 25.3 Å². The molecule has 1 fully saturated rings. The minimum atomic E-state index is -2.04. The minimum absolute atomic E-state index is 0. The molecule has 0 bridgehead atoms. The van der Waals surface area contributed by atoms with Gasteiger partial charge < -0.3 is 19.5 Å². The van der Waals surface area contributed by atoms with Crippen LogP contribution in [0.3, 0.4) is 0 Å². The molecule has 0 unspecified atom stereocenters. The van der Waals surface area contributed by atoms with Crippen molar-refractivity contribution in [3.8, 4) is 5.75 Å². The first-order valence-corrected chi connectivity index (χ1v) is 10.3. The van der Waals surface area contributed by atoms with E-state index in [0.29, 0.717) is 12.6 Å². The first kappa shape index (κ1) is 18.9. The molecule has 1 heterocycles. The van der Waals surface area contributed by atoms with Crippen molar-refractivity contribution < 1.29 is 63.6 Å². The largest absolute Gasteiger partial charge is 0.489 e. The van der Waals surface area contributed by atoms with Gasteiger partial charge in [0.1, 0.15) is 11.9 Å². The van der Waals surface area contributed by atoms with Gasteiger partial charge in [0, 0.05) is 80.7 Å². The summed E-state index contributed by atoms with van der Waals surface area (Å²) in [5.74, 6) is 0.830. The second-order valence-corrected chi connectivity index (χ2v) is 10.3. The number of aryl methyl sites for hydroxylation is 1. The van der Waals surface area contributed by atoms with Gasteiger partial charge in [-0.25, -0.2) is 0 Å². The minimum Gasteiger partial charge on any atom is -0.489 e. The Morgan fingerprint density at radius 1 is 1.36 bits per heavy atom. The van der Waals surface area contributed by atoms with Crippen LogP contribution in [0, 0.1) is 50.0 Å². The Labute approximate surface area is 167 Å². The second-order valence-electron chi connectivity index (χ2n) is 6.71. The second kappa shape index (κ2) is 7.24. The van der Waals surface area contributed by atoms with Crippen LogP contribution >= 0.6 is 7.14 Å². The first-order valence-electron chi connectivity index (χ1n) is 7.52. The van der Waals surface area contributed by atoms with E-state index in [2.05, 4.69) is 0 Å². The SMILES string of the molecule is CP(C)(=O)CCc1cccc2c1O[C@H]1C[C@@H](O)[C@H](CO)[C@@H]21.[Ac]. The van der Waals surface area contributed by atoms with Gasteiger partial charge in [-0.1, -0.05) is 18.2 Å². The molecule has 4 nitrogen and oxygen atoms in total. The van der Waals surface area contributed by atoms with Gasteiger partial charge in [0.15, 0.2) is 0 Å². The Morgan fingerprint density at radius 3 is 2.73 bits per heavy atom. The molecule has 1 saturated carbocycles. The summed E-state index contributed by atoms with van der Waals surface area (Å²) >= 11 is 0. The molecule has 3 rings (SSSR count). The van der Waals surface area contributed by atoms with Crippen LogP contribution < -0.4 is 4.74 Å². The molecule has 6 heteroatoms.